The van der Waals surface area contributed by atoms with Crippen molar-refractivity contribution >= 4 is 5.97 Å². The van der Waals surface area contributed by atoms with E-state index in [2.05, 4.69) is 5.32 Å². The normalized spacial score (nSPS) is 22.2. The molecule has 0 saturated heterocycles. The molecule has 0 radical (unpaired) electrons. The zero-order valence-electron chi connectivity index (χ0n) is 9.84. The van der Waals surface area contributed by atoms with Crippen molar-refractivity contribution in [2.45, 2.75) is 12.8 Å². The lowest BCUT2D eigenvalue weighted by atomic mass is 9.88. The summed E-state index contributed by atoms with van der Waals surface area (Å²) in [5.41, 5.74) is 3.15. The first-order valence-electron chi connectivity index (χ1n) is 5.69. The van der Waals surface area contributed by atoms with E-state index < -0.39 is 0 Å². The highest BCUT2D eigenvalue weighted by atomic mass is 16.5. The molecule has 0 amide bonds. The Morgan fingerprint density at radius 2 is 2.39 bits per heavy atom. The summed E-state index contributed by atoms with van der Waals surface area (Å²) >= 11 is 0. The van der Waals surface area contributed by atoms with Crippen molar-refractivity contribution in [3.8, 4) is 0 Å². The van der Waals surface area contributed by atoms with Crippen LogP contribution in [0.25, 0.3) is 0 Å². The molecule has 3 heterocycles. The highest BCUT2D eigenvalue weighted by Crippen LogP contribution is 2.34. The Morgan fingerprint density at radius 3 is 3.17 bits per heavy atom. The van der Waals surface area contributed by atoms with Gasteiger partial charge in [-0.25, -0.2) is 4.79 Å². The first kappa shape index (κ1) is 10.8. The van der Waals surface area contributed by atoms with Crippen LogP contribution in [-0.4, -0.2) is 12.6 Å². The molecule has 0 aromatic carbocycles. The van der Waals surface area contributed by atoms with Crippen molar-refractivity contribution in [2.75, 3.05) is 6.61 Å². The fourth-order valence-corrected chi connectivity index (χ4v) is 2.37. The molecule has 1 N–H and O–H groups in total. The van der Waals surface area contributed by atoms with E-state index in [9.17, 15) is 10.0 Å². The first-order valence-corrected chi connectivity index (χ1v) is 5.69. The molecule has 1 unspecified atom stereocenters. The van der Waals surface area contributed by atoms with Gasteiger partial charge in [-0.3, -0.25) is 0 Å². The van der Waals surface area contributed by atoms with E-state index in [1.165, 1.54) is 12.4 Å². The second kappa shape index (κ2) is 3.87. The quantitative estimate of drug-likeness (QED) is 0.449. The minimum atomic E-state index is -0.312. The predicted molar refractivity (Wildman–Crippen MR) is 63.0 cm³/mol. The molecule has 0 bridgehead atoms. The summed E-state index contributed by atoms with van der Waals surface area (Å²) in [6, 6.07) is 3.51. The fraction of sp³-hybridized carbons (Fsp3) is 0.231. The van der Waals surface area contributed by atoms with Crippen molar-refractivity contribution < 1.29 is 14.3 Å². The van der Waals surface area contributed by atoms with Crippen molar-refractivity contribution in [3.05, 3.63) is 58.3 Å². The number of ether oxygens (including phenoxy) is 1. The molecule has 1 atom stereocenters. The van der Waals surface area contributed by atoms with Crippen LogP contribution in [0.1, 0.15) is 18.4 Å². The van der Waals surface area contributed by atoms with Gasteiger partial charge in [-0.2, -0.15) is 4.73 Å². The molecule has 5 heteroatoms. The monoisotopic (exact) mass is 244 g/mol. The van der Waals surface area contributed by atoms with Gasteiger partial charge >= 0.3 is 5.97 Å². The van der Waals surface area contributed by atoms with Crippen LogP contribution in [0.2, 0.25) is 0 Å². The minimum Gasteiger partial charge on any atom is -0.619 e. The Morgan fingerprint density at radius 1 is 1.56 bits per heavy atom. The van der Waals surface area contributed by atoms with Gasteiger partial charge in [-0.05, 0) is 13.0 Å². The van der Waals surface area contributed by atoms with Crippen LogP contribution in [0.15, 0.2) is 47.6 Å². The number of hydrogen-bond acceptors (Lipinski definition) is 4. The van der Waals surface area contributed by atoms with E-state index in [-0.39, 0.29) is 18.5 Å². The SMILES string of the molecule is CC1=CC(c2ccc[n+]([O-])c2)C2=C(COC2=O)N1. The lowest BCUT2D eigenvalue weighted by Crippen LogP contribution is -2.27. The van der Waals surface area contributed by atoms with Gasteiger partial charge in [0.05, 0.1) is 11.3 Å². The number of rotatable bonds is 1. The molecule has 5 nitrogen and oxygen atoms in total. The number of allylic oxidation sites excluding steroid dienone is 2. The molecule has 0 spiro atoms. The first-order chi connectivity index (χ1) is 8.65. The van der Waals surface area contributed by atoms with Gasteiger partial charge < -0.3 is 15.3 Å². The molecule has 0 aliphatic carbocycles. The Balaban J connectivity index is 2.08. The summed E-state index contributed by atoms with van der Waals surface area (Å²) in [5, 5.41) is 14.5. The van der Waals surface area contributed by atoms with Gasteiger partial charge in [-0.15, -0.1) is 0 Å². The van der Waals surface area contributed by atoms with Crippen molar-refractivity contribution in [1.29, 1.82) is 0 Å². The van der Waals surface area contributed by atoms with Gasteiger partial charge in [0.25, 0.3) is 0 Å². The van der Waals surface area contributed by atoms with Crippen molar-refractivity contribution in [1.82, 2.24) is 5.32 Å². The number of nitrogens with one attached hydrogen (secondary N) is 1. The summed E-state index contributed by atoms with van der Waals surface area (Å²) < 4.78 is 5.77. The van der Waals surface area contributed by atoms with Gasteiger partial charge in [0.2, 0.25) is 0 Å². The maximum atomic E-state index is 11.7. The van der Waals surface area contributed by atoms with Gasteiger partial charge in [0, 0.05) is 23.2 Å². The van der Waals surface area contributed by atoms with E-state index in [0.717, 1.165) is 21.7 Å². The van der Waals surface area contributed by atoms with E-state index in [1.54, 1.807) is 6.07 Å². The molecule has 18 heavy (non-hydrogen) atoms. The van der Waals surface area contributed by atoms with Crippen molar-refractivity contribution in [2.24, 2.45) is 0 Å². The van der Waals surface area contributed by atoms with Crippen LogP contribution in [0.4, 0.5) is 0 Å². The average Bonchev–Trinajstić information content (AvgIpc) is 2.70. The third-order valence-corrected chi connectivity index (χ3v) is 3.13. The number of esters is 1. The lowest BCUT2D eigenvalue weighted by molar-refractivity contribution is -0.605. The third-order valence-electron chi connectivity index (χ3n) is 3.13. The number of nitrogens with zero attached hydrogens (tertiary/aromatic N) is 1. The zero-order chi connectivity index (χ0) is 12.7. The molecular weight excluding hydrogens is 232 g/mol. The Labute approximate surface area is 104 Å². The molecule has 0 fully saturated rings. The number of carbonyl (C=O) groups is 1. The number of pyridine rings is 1. The summed E-state index contributed by atoms with van der Waals surface area (Å²) in [5.74, 6) is -0.523. The van der Waals surface area contributed by atoms with E-state index in [0.29, 0.717) is 5.57 Å². The molecule has 2 aliphatic rings. The van der Waals surface area contributed by atoms with Crippen LogP contribution < -0.4 is 10.0 Å². The van der Waals surface area contributed by atoms with Gasteiger partial charge in [0.15, 0.2) is 12.4 Å². The second-order valence-electron chi connectivity index (χ2n) is 4.42. The standard InChI is InChI=1S/C13H12N2O3/c1-8-5-10(9-3-2-4-15(17)6-9)12-11(14-8)7-18-13(12)16/h2-6,10,14H,7H2,1H3. The maximum Gasteiger partial charge on any atom is 0.337 e. The number of cyclic esters (lactones) is 1. The summed E-state index contributed by atoms with van der Waals surface area (Å²) in [6.45, 7) is 2.20. The van der Waals surface area contributed by atoms with Crippen LogP contribution in [0, 0.1) is 5.21 Å². The molecule has 2 aliphatic heterocycles. The van der Waals surface area contributed by atoms with E-state index >= 15 is 0 Å². The summed E-state index contributed by atoms with van der Waals surface area (Å²) in [4.78, 5) is 11.7. The molecule has 0 saturated carbocycles. The second-order valence-corrected chi connectivity index (χ2v) is 4.42. The smallest absolute Gasteiger partial charge is 0.337 e. The Kier molecular flexibility index (Phi) is 2.33. The van der Waals surface area contributed by atoms with Gasteiger partial charge in [0.1, 0.15) is 6.61 Å². The summed E-state index contributed by atoms with van der Waals surface area (Å²) in [7, 11) is 0. The number of dihydropyridines is 1. The average molecular weight is 244 g/mol. The highest BCUT2D eigenvalue weighted by molar-refractivity contribution is 5.94. The van der Waals surface area contributed by atoms with Crippen LogP contribution in [0.5, 0.6) is 0 Å². The molecule has 1 aromatic heterocycles. The summed E-state index contributed by atoms with van der Waals surface area (Å²) in [6.07, 6.45) is 4.83. The maximum absolute atomic E-state index is 11.7. The van der Waals surface area contributed by atoms with Crippen molar-refractivity contribution in [3.63, 3.8) is 0 Å². The number of hydrogen-bond donors (Lipinski definition) is 1. The number of aromatic nitrogens is 1. The Hall–Kier alpha value is -2.30. The minimum absolute atomic E-state index is 0.211. The van der Waals surface area contributed by atoms with Crippen LogP contribution in [-0.2, 0) is 9.53 Å². The predicted octanol–water partition coefficient (Wildman–Crippen LogP) is 0.721. The van der Waals surface area contributed by atoms with Crippen LogP contribution in [0.3, 0.4) is 0 Å². The zero-order valence-corrected chi connectivity index (χ0v) is 9.84. The Bertz CT molecular complexity index is 590. The molecular formula is C13H12N2O3. The molecule has 3 rings (SSSR count). The van der Waals surface area contributed by atoms with Crippen LogP contribution >= 0.6 is 0 Å². The molecule has 92 valence electrons. The van der Waals surface area contributed by atoms with Gasteiger partial charge in [-0.1, -0.05) is 6.08 Å². The lowest BCUT2D eigenvalue weighted by Gasteiger charge is -2.20. The fourth-order valence-electron chi connectivity index (χ4n) is 2.37. The third kappa shape index (κ3) is 1.64. The van der Waals surface area contributed by atoms with E-state index in [1.807, 2.05) is 19.1 Å². The molecule has 1 aromatic rings. The largest absolute Gasteiger partial charge is 0.619 e. The highest BCUT2D eigenvalue weighted by Gasteiger charge is 2.35. The van der Waals surface area contributed by atoms with E-state index in [4.69, 9.17) is 4.74 Å². The number of carbonyl (C=O) groups excluding carboxylic acids is 1. The topological polar surface area (TPSA) is 65.3 Å².